The van der Waals surface area contributed by atoms with Crippen molar-refractivity contribution in [2.24, 2.45) is 5.92 Å². The second kappa shape index (κ2) is 8.18. The first kappa shape index (κ1) is 18.7. The van der Waals surface area contributed by atoms with Gasteiger partial charge in [-0.05, 0) is 45.6 Å². The molecule has 4 rings (SSSR count). The summed E-state index contributed by atoms with van der Waals surface area (Å²) in [5.74, 6) is 2.12. The van der Waals surface area contributed by atoms with E-state index < -0.39 is 0 Å². The van der Waals surface area contributed by atoms with Gasteiger partial charge in [0.15, 0.2) is 0 Å². The Morgan fingerprint density at radius 3 is 2.57 bits per heavy atom. The summed E-state index contributed by atoms with van der Waals surface area (Å²) in [5, 5.41) is 9.60. The van der Waals surface area contributed by atoms with Crippen LogP contribution < -0.4 is 9.64 Å². The average Bonchev–Trinajstić information content (AvgIpc) is 3.05. The quantitative estimate of drug-likeness (QED) is 0.652. The minimum Gasteiger partial charge on any atom is -0.476 e. The zero-order chi connectivity index (χ0) is 19.5. The highest BCUT2D eigenvalue weighted by Gasteiger charge is 2.21. The van der Waals surface area contributed by atoms with Crippen LogP contribution in [-0.2, 0) is 0 Å². The molecule has 0 bridgehead atoms. The van der Waals surface area contributed by atoms with Gasteiger partial charge in [-0.3, -0.25) is 0 Å². The number of rotatable bonds is 5. The van der Waals surface area contributed by atoms with Gasteiger partial charge in [0.1, 0.15) is 17.8 Å². The number of piperidine rings is 1. The molecular formula is C20H24N6OS. The van der Waals surface area contributed by atoms with Crippen molar-refractivity contribution in [3.63, 3.8) is 0 Å². The van der Waals surface area contributed by atoms with E-state index in [4.69, 9.17) is 4.74 Å². The van der Waals surface area contributed by atoms with Crippen LogP contribution in [0.1, 0.15) is 29.2 Å². The molecule has 0 spiro atoms. The maximum Gasteiger partial charge on any atom is 0.233 e. The second-order valence-corrected chi connectivity index (χ2v) is 8.37. The highest BCUT2D eigenvalue weighted by molar-refractivity contribution is 7.15. The number of aryl methyl sites for hydroxylation is 3. The SMILES string of the molecule is Cc1cc(N2CCC(COc3ccc(-c4sc(C)nc4C)nn3)CC2)ncn1. The Morgan fingerprint density at radius 1 is 1.11 bits per heavy atom. The summed E-state index contributed by atoms with van der Waals surface area (Å²) in [5.41, 5.74) is 2.85. The summed E-state index contributed by atoms with van der Waals surface area (Å²) >= 11 is 1.64. The molecule has 0 atom stereocenters. The first-order chi connectivity index (χ1) is 13.6. The summed E-state index contributed by atoms with van der Waals surface area (Å²) in [6.07, 6.45) is 3.79. The zero-order valence-corrected chi connectivity index (χ0v) is 17.2. The third-order valence-corrected chi connectivity index (χ3v) is 6.07. The fraction of sp³-hybridized carbons (Fsp3) is 0.450. The Balaban J connectivity index is 1.29. The molecular weight excluding hydrogens is 372 g/mol. The van der Waals surface area contributed by atoms with Gasteiger partial charge < -0.3 is 9.64 Å². The lowest BCUT2D eigenvalue weighted by Gasteiger charge is -2.32. The van der Waals surface area contributed by atoms with Crippen LogP contribution in [0.25, 0.3) is 10.6 Å². The Labute approximate surface area is 168 Å². The summed E-state index contributed by atoms with van der Waals surface area (Å²) in [6.45, 7) is 8.64. The van der Waals surface area contributed by atoms with Crippen molar-refractivity contribution < 1.29 is 4.74 Å². The van der Waals surface area contributed by atoms with Gasteiger partial charge in [0.05, 0.1) is 22.2 Å². The van der Waals surface area contributed by atoms with Gasteiger partial charge in [-0.15, -0.1) is 21.5 Å². The number of ether oxygens (including phenoxy) is 1. The zero-order valence-electron chi connectivity index (χ0n) is 16.4. The molecule has 1 aliphatic rings. The lowest BCUT2D eigenvalue weighted by atomic mass is 9.98. The topological polar surface area (TPSA) is 76.9 Å². The van der Waals surface area contributed by atoms with Crippen molar-refractivity contribution in [1.29, 1.82) is 0 Å². The predicted octanol–water partition coefficient (Wildman–Crippen LogP) is 3.61. The van der Waals surface area contributed by atoms with Crippen LogP contribution in [-0.4, -0.2) is 44.8 Å². The Bertz CT molecular complexity index is 934. The van der Waals surface area contributed by atoms with E-state index in [-0.39, 0.29) is 0 Å². The number of hydrogen-bond acceptors (Lipinski definition) is 8. The average molecular weight is 397 g/mol. The second-order valence-electron chi connectivity index (χ2n) is 7.16. The maximum atomic E-state index is 5.90. The molecule has 0 N–H and O–H groups in total. The van der Waals surface area contributed by atoms with Gasteiger partial charge in [-0.2, -0.15) is 0 Å². The van der Waals surface area contributed by atoms with Gasteiger partial charge >= 0.3 is 0 Å². The minimum absolute atomic E-state index is 0.520. The molecule has 0 radical (unpaired) electrons. The van der Waals surface area contributed by atoms with Gasteiger partial charge in [-0.1, -0.05) is 0 Å². The molecule has 146 valence electrons. The molecule has 3 aromatic heterocycles. The predicted molar refractivity (Wildman–Crippen MR) is 110 cm³/mol. The molecule has 0 aromatic carbocycles. The van der Waals surface area contributed by atoms with Gasteiger partial charge in [-0.25, -0.2) is 15.0 Å². The van der Waals surface area contributed by atoms with Crippen molar-refractivity contribution in [2.45, 2.75) is 33.6 Å². The van der Waals surface area contributed by atoms with Crippen LogP contribution in [0.3, 0.4) is 0 Å². The van der Waals surface area contributed by atoms with Crippen LogP contribution >= 0.6 is 11.3 Å². The third-order valence-electron chi connectivity index (χ3n) is 4.97. The lowest BCUT2D eigenvalue weighted by Crippen LogP contribution is -2.36. The minimum atomic E-state index is 0.520. The van der Waals surface area contributed by atoms with E-state index in [1.807, 2.05) is 39.0 Å². The first-order valence-electron chi connectivity index (χ1n) is 9.53. The molecule has 7 nitrogen and oxygen atoms in total. The van der Waals surface area contributed by atoms with E-state index in [0.717, 1.165) is 58.7 Å². The fourth-order valence-corrected chi connectivity index (χ4v) is 4.32. The molecule has 28 heavy (non-hydrogen) atoms. The summed E-state index contributed by atoms with van der Waals surface area (Å²) in [7, 11) is 0. The molecule has 1 saturated heterocycles. The Hall–Kier alpha value is -2.61. The van der Waals surface area contributed by atoms with E-state index in [9.17, 15) is 0 Å². The van der Waals surface area contributed by atoms with Crippen LogP contribution in [0, 0.1) is 26.7 Å². The van der Waals surface area contributed by atoms with Crippen molar-refractivity contribution >= 4 is 17.2 Å². The molecule has 1 fully saturated rings. The number of hydrogen-bond donors (Lipinski definition) is 0. The van der Waals surface area contributed by atoms with E-state index in [2.05, 4.69) is 30.0 Å². The molecule has 0 unspecified atom stereocenters. The van der Waals surface area contributed by atoms with Crippen LogP contribution in [0.4, 0.5) is 5.82 Å². The number of nitrogens with zero attached hydrogens (tertiary/aromatic N) is 6. The van der Waals surface area contributed by atoms with Crippen LogP contribution in [0.2, 0.25) is 0 Å². The normalized spacial score (nSPS) is 15.0. The molecule has 0 aliphatic carbocycles. The number of anilines is 1. The highest BCUT2D eigenvalue weighted by atomic mass is 32.1. The summed E-state index contributed by atoms with van der Waals surface area (Å²) in [6, 6.07) is 5.90. The van der Waals surface area contributed by atoms with Gasteiger partial charge in [0, 0.05) is 30.9 Å². The maximum absolute atomic E-state index is 5.90. The molecule has 0 amide bonds. The van der Waals surface area contributed by atoms with Crippen molar-refractivity contribution in [1.82, 2.24) is 25.1 Å². The smallest absolute Gasteiger partial charge is 0.233 e. The van der Waals surface area contributed by atoms with E-state index in [0.29, 0.717) is 18.4 Å². The van der Waals surface area contributed by atoms with Crippen LogP contribution in [0.5, 0.6) is 5.88 Å². The van der Waals surface area contributed by atoms with Crippen LogP contribution in [0.15, 0.2) is 24.5 Å². The fourth-order valence-electron chi connectivity index (χ4n) is 3.43. The third kappa shape index (κ3) is 4.27. The monoisotopic (exact) mass is 396 g/mol. The van der Waals surface area contributed by atoms with E-state index in [1.165, 1.54) is 0 Å². The summed E-state index contributed by atoms with van der Waals surface area (Å²) < 4.78 is 5.90. The van der Waals surface area contributed by atoms with Crippen molar-refractivity contribution in [3.05, 3.63) is 40.9 Å². The van der Waals surface area contributed by atoms with Gasteiger partial charge in [0.2, 0.25) is 5.88 Å². The number of aromatic nitrogens is 5. The van der Waals surface area contributed by atoms with Gasteiger partial charge in [0.25, 0.3) is 0 Å². The molecule has 3 aromatic rings. The Kier molecular flexibility index (Phi) is 5.47. The lowest BCUT2D eigenvalue weighted by molar-refractivity contribution is 0.214. The standard InChI is InChI=1S/C20H24N6OS/c1-13-10-18(22-12-21-13)26-8-6-16(7-9-26)11-27-19-5-4-17(24-25-19)20-14(2)23-15(3)28-20/h4-5,10,12,16H,6-9,11H2,1-3H3. The Morgan fingerprint density at radius 2 is 1.93 bits per heavy atom. The number of thiazole rings is 1. The van der Waals surface area contributed by atoms with Crippen molar-refractivity contribution in [2.75, 3.05) is 24.6 Å². The molecule has 1 aliphatic heterocycles. The highest BCUT2D eigenvalue weighted by Crippen LogP contribution is 2.28. The first-order valence-corrected chi connectivity index (χ1v) is 10.3. The van der Waals surface area contributed by atoms with E-state index >= 15 is 0 Å². The van der Waals surface area contributed by atoms with Crippen molar-refractivity contribution in [3.8, 4) is 16.5 Å². The molecule has 8 heteroatoms. The summed E-state index contributed by atoms with van der Waals surface area (Å²) in [4.78, 5) is 16.4. The molecule has 0 saturated carbocycles. The van der Waals surface area contributed by atoms with E-state index in [1.54, 1.807) is 17.7 Å². The molecule has 4 heterocycles. The largest absolute Gasteiger partial charge is 0.476 e.